The Labute approximate surface area is 183 Å². The Morgan fingerprint density at radius 1 is 1.23 bits per heavy atom. The number of aliphatic imine (C=N–C) groups is 1. The van der Waals surface area contributed by atoms with Crippen molar-refractivity contribution in [1.29, 1.82) is 0 Å². The number of benzene rings is 1. The number of thioether (sulfide) groups is 1. The van der Waals surface area contributed by atoms with Crippen LogP contribution in [0, 0.1) is 6.92 Å². The molecule has 8 nitrogen and oxygen atoms in total. The lowest BCUT2D eigenvalue weighted by molar-refractivity contribution is 0.180. The molecule has 0 saturated heterocycles. The summed E-state index contributed by atoms with van der Waals surface area (Å²) in [7, 11) is 1.93. The molecule has 0 fully saturated rings. The molecule has 1 unspecified atom stereocenters. The Kier molecular flexibility index (Phi) is 9.96. The molecule has 0 radical (unpaired) electrons. The van der Waals surface area contributed by atoms with Gasteiger partial charge in [0.2, 0.25) is 0 Å². The Hall–Kier alpha value is -2.26. The quantitative estimate of drug-likeness (QED) is 0.284. The molecule has 1 heterocycles. The second-order valence-corrected chi connectivity index (χ2v) is 8.28. The van der Waals surface area contributed by atoms with Crippen molar-refractivity contribution in [2.75, 3.05) is 25.1 Å². The van der Waals surface area contributed by atoms with Crippen molar-refractivity contribution >= 4 is 17.7 Å². The van der Waals surface area contributed by atoms with Gasteiger partial charge in [0.1, 0.15) is 18.1 Å². The van der Waals surface area contributed by atoms with E-state index in [0.717, 1.165) is 41.7 Å². The minimum atomic E-state index is -0.659. The second kappa shape index (κ2) is 12.4. The molecule has 0 bridgehead atoms. The minimum Gasteiger partial charge on any atom is -0.491 e. The molecule has 1 aromatic carbocycles. The lowest BCUT2D eigenvalue weighted by atomic mass is 10.1. The van der Waals surface area contributed by atoms with Gasteiger partial charge in [0, 0.05) is 20.1 Å². The van der Waals surface area contributed by atoms with E-state index in [-0.39, 0.29) is 6.10 Å². The van der Waals surface area contributed by atoms with Crippen LogP contribution < -0.4 is 15.4 Å². The first-order valence-electron chi connectivity index (χ1n) is 10.2. The normalized spacial score (nSPS) is 12.8. The van der Waals surface area contributed by atoms with Gasteiger partial charge in [0.15, 0.2) is 11.8 Å². The average molecular weight is 435 g/mol. The summed E-state index contributed by atoms with van der Waals surface area (Å²) in [6.45, 7) is 7.45. The van der Waals surface area contributed by atoms with Crippen LogP contribution in [0.15, 0.2) is 29.3 Å². The molecular formula is C21H34N6O2S. The van der Waals surface area contributed by atoms with Crippen molar-refractivity contribution in [3.05, 3.63) is 41.5 Å². The maximum atomic E-state index is 10.6. The molecule has 0 saturated carbocycles. The van der Waals surface area contributed by atoms with E-state index in [1.807, 2.05) is 68.4 Å². The van der Waals surface area contributed by atoms with Crippen molar-refractivity contribution in [3.63, 3.8) is 0 Å². The molecule has 3 N–H and O–H groups in total. The molecule has 0 aliphatic heterocycles. The third-order valence-corrected chi connectivity index (χ3v) is 5.18. The molecule has 2 rings (SSSR count). The van der Waals surface area contributed by atoms with Crippen LogP contribution >= 0.6 is 11.8 Å². The van der Waals surface area contributed by atoms with Gasteiger partial charge >= 0.3 is 0 Å². The number of rotatable bonds is 11. The number of aromatic nitrogens is 3. The number of aliphatic hydroxyl groups is 1. The summed E-state index contributed by atoms with van der Waals surface area (Å²) < 4.78 is 7.58. The summed E-state index contributed by atoms with van der Waals surface area (Å²) >= 11 is 1.82. The third-order valence-electron chi connectivity index (χ3n) is 4.48. The largest absolute Gasteiger partial charge is 0.491 e. The highest BCUT2D eigenvalue weighted by Crippen LogP contribution is 2.18. The van der Waals surface area contributed by atoms with E-state index in [1.54, 1.807) is 0 Å². The van der Waals surface area contributed by atoms with Gasteiger partial charge in [0.25, 0.3) is 0 Å². The van der Waals surface area contributed by atoms with Gasteiger partial charge < -0.3 is 25.0 Å². The van der Waals surface area contributed by atoms with Gasteiger partial charge in [-0.2, -0.15) is 11.8 Å². The lowest BCUT2D eigenvalue weighted by Crippen LogP contribution is -2.40. The number of hydrogen-bond donors (Lipinski definition) is 3. The van der Waals surface area contributed by atoms with Crippen LogP contribution in [0.1, 0.15) is 43.6 Å². The third kappa shape index (κ3) is 7.87. The van der Waals surface area contributed by atoms with E-state index in [9.17, 15) is 5.11 Å². The zero-order valence-corrected chi connectivity index (χ0v) is 19.4. The maximum Gasteiger partial charge on any atom is 0.191 e. The van der Waals surface area contributed by atoms with Crippen LogP contribution in [0.2, 0.25) is 0 Å². The van der Waals surface area contributed by atoms with Crippen molar-refractivity contribution in [1.82, 2.24) is 25.4 Å². The maximum absolute atomic E-state index is 10.6. The molecular weight excluding hydrogens is 400 g/mol. The molecule has 9 heteroatoms. The monoisotopic (exact) mass is 434 g/mol. The first kappa shape index (κ1) is 24.0. The summed E-state index contributed by atoms with van der Waals surface area (Å²) in [5, 5.41) is 25.3. The van der Waals surface area contributed by atoms with Crippen molar-refractivity contribution in [2.45, 2.75) is 45.9 Å². The predicted octanol–water partition coefficient (Wildman–Crippen LogP) is 2.43. The first-order chi connectivity index (χ1) is 14.4. The van der Waals surface area contributed by atoms with Gasteiger partial charge in [-0.05, 0) is 56.9 Å². The fourth-order valence-corrected chi connectivity index (χ4v) is 3.12. The Balaban J connectivity index is 1.96. The number of ether oxygens (including phenoxy) is 1. The van der Waals surface area contributed by atoms with Gasteiger partial charge in [-0.15, -0.1) is 10.2 Å². The van der Waals surface area contributed by atoms with Crippen LogP contribution in [0.25, 0.3) is 0 Å². The van der Waals surface area contributed by atoms with Crippen molar-refractivity contribution < 1.29 is 9.84 Å². The second-order valence-electron chi connectivity index (χ2n) is 7.29. The van der Waals surface area contributed by atoms with E-state index in [4.69, 9.17) is 4.74 Å². The van der Waals surface area contributed by atoms with Crippen molar-refractivity contribution in [2.24, 2.45) is 12.0 Å². The Morgan fingerprint density at radius 3 is 2.57 bits per heavy atom. The molecule has 0 amide bonds. The van der Waals surface area contributed by atoms with Crippen LogP contribution in [-0.2, 0) is 13.6 Å². The number of nitrogens with one attached hydrogen (secondary N) is 2. The number of hydrogen-bond acceptors (Lipinski definition) is 6. The minimum absolute atomic E-state index is 0.121. The fourth-order valence-electron chi connectivity index (χ4n) is 2.69. The molecule has 0 spiro atoms. The summed E-state index contributed by atoms with van der Waals surface area (Å²) in [4.78, 5) is 4.61. The Bertz CT molecular complexity index is 791. The van der Waals surface area contributed by atoms with Crippen LogP contribution in [-0.4, -0.2) is 57.0 Å². The van der Waals surface area contributed by atoms with Gasteiger partial charge in [0.05, 0.1) is 12.2 Å². The van der Waals surface area contributed by atoms with E-state index in [1.165, 1.54) is 0 Å². The van der Waals surface area contributed by atoms with Gasteiger partial charge in [-0.3, -0.25) is 0 Å². The first-order valence-corrected chi connectivity index (χ1v) is 11.6. The summed E-state index contributed by atoms with van der Waals surface area (Å²) in [5.74, 6) is 4.17. The smallest absolute Gasteiger partial charge is 0.191 e. The van der Waals surface area contributed by atoms with Gasteiger partial charge in [-0.1, -0.05) is 12.1 Å². The Morgan fingerprint density at radius 2 is 1.97 bits per heavy atom. The highest BCUT2D eigenvalue weighted by molar-refractivity contribution is 7.98. The summed E-state index contributed by atoms with van der Waals surface area (Å²) in [6.07, 6.45) is 2.59. The highest BCUT2D eigenvalue weighted by atomic mass is 32.2. The molecule has 0 aliphatic rings. The molecule has 2 aromatic rings. The van der Waals surface area contributed by atoms with E-state index >= 15 is 0 Å². The standard InChI is InChI=1S/C21H34N6O2S/c1-15(2)29-18-9-7-17(8-10-18)19(28)13-23-21(22-11-6-12-30-5)24-14-20-26-25-16(3)27(20)4/h7-10,15,19,28H,6,11-14H2,1-5H3,(H2,22,23,24). The van der Waals surface area contributed by atoms with E-state index in [0.29, 0.717) is 19.0 Å². The fraction of sp³-hybridized carbons (Fsp3) is 0.571. The number of aryl methyl sites for hydroxylation is 1. The molecule has 166 valence electrons. The molecule has 30 heavy (non-hydrogen) atoms. The number of guanidine groups is 1. The van der Waals surface area contributed by atoms with Crippen molar-refractivity contribution in [3.8, 4) is 5.75 Å². The van der Waals surface area contributed by atoms with E-state index in [2.05, 4.69) is 32.1 Å². The molecule has 0 aliphatic carbocycles. The highest BCUT2D eigenvalue weighted by Gasteiger charge is 2.10. The predicted molar refractivity (Wildman–Crippen MR) is 123 cm³/mol. The van der Waals surface area contributed by atoms with E-state index < -0.39 is 6.10 Å². The molecule has 1 atom stereocenters. The summed E-state index contributed by atoms with van der Waals surface area (Å²) in [5.41, 5.74) is 0.823. The zero-order chi connectivity index (χ0) is 21.9. The average Bonchev–Trinajstić information content (AvgIpc) is 3.04. The topological polar surface area (TPSA) is 96.6 Å². The zero-order valence-electron chi connectivity index (χ0n) is 18.6. The number of aliphatic hydroxyl groups excluding tert-OH is 1. The number of nitrogens with zero attached hydrogens (tertiary/aromatic N) is 4. The SMILES string of the molecule is CSCCCNC(=NCc1nnc(C)n1C)NCC(O)c1ccc(OC(C)C)cc1. The van der Waals surface area contributed by atoms with Crippen LogP contribution in [0.3, 0.4) is 0 Å². The van der Waals surface area contributed by atoms with Crippen LogP contribution in [0.4, 0.5) is 0 Å². The lowest BCUT2D eigenvalue weighted by Gasteiger charge is -2.17. The summed E-state index contributed by atoms with van der Waals surface area (Å²) in [6, 6.07) is 7.53. The molecule has 1 aromatic heterocycles. The van der Waals surface area contributed by atoms with Crippen LogP contribution in [0.5, 0.6) is 5.75 Å². The van der Waals surface area contributed by atoms with Gasteiger partial charge in [-0.25, -0.2) is 4.99 Å².